The molecule has 0 aliphatic rings. The van der Waals surface area contributed by atoms with Gasteiger partial charge in [0, 0.05) is 13.1 Å². The second-order valence-corrected chi connectivity index (χ2v) is 8.48. The Morgan fingerprint density at radius 3 is 2.57 bits per heavy atom. The van der Waals surface area contributed by atoms with E-state index in [9.17, 15) is 9.18 Å². The average Bonchev–Trinajstić information content (AvgIpc) is 3.05. The number of halogens is 5. The van der Waals surface area contributed by atoms with Crippen molar-refractivity contribution in [2.24, 2.45) is 7.05 Å². The van der Waals surface area contributed by atoms with E-state index in [4.69, 9.17) is 51.1 Å². The maximum absolute atomic E-state index is 13.2. The zero-order valence-electron chi connectivity index (χ0n) is 15.3. The van der Waals surface area contributed by atoms with Gasteiger partial charge in [-0.05, 0) is 24.3 Å². The van der Waals surface area contributed by atoms with Gasteiger partial charge in [0.2, 0.25) is 5.91 Å². The molecule has 0 spiro atoms. The van der Waals surface area contributed by atoms with E-state index in [1.54, 1.807) is 11.6 Å². The number of benzene rings is 2. The Kier molecular flexibility index (Phi) is 7.70. The number of anilines is 1. The van der Waals surface area contributed by atoms with Crippen molar-refractivity contribution in [1.82, 2.24) is 14.8 Å². The summed E-state index contributed by atoms with van der Waals surface area (Å²) in [6.07, 6.45) is 0. The molecule has 0 aliphatic carbocycles. The topological polar surface area (TPSA) is 69.0 Å². The number of hydrogen-bond donors (Lipinski definition) is 1. The lowest BCUT2D eigenvalue weighted by Crippen LogP contribution is -2.15. The third-order valence-electron chi connectivity index (χ3n) is 3.80. The molecular weight excluding hydrogens is 497 g/mol. The number of aromatic nitrogens is 3. The molecule has 2 aromatic carbocycles. The molecule has 0 saturated carbocycles. The Bertz CT molecular complexity index is 1100. The van der Waals surface area contributed by atoms with Gasteiger partial charge in [0.15, 0.2) is 11.0 Å². The molecule has 0 radical (unpaired) electrons. The Hall–Kier alpha value is -1.71. The minimum absolute atomic E-state index is 0.0326. The minimum atomic E-state index is -0.526. The highest BCUT2D eigenvalue weighted by molar-refractivity contribution is 7.99. The lowest BCUT2D eigenvalue weighted by Gasteiger charge is -2.09. The van der Waals surface area contributed by atoms with Crippen LogP contribution in [-0.4, -0.2) is 26.4 Å². The van der Waals surface area contributed by atoms with Crippen LogP contribution in [0.1, 0.15) is 5.82 Å². The van der Waals surface area contributed by atoms with E-state index in [0.29, 0.717) is 27.4 Å². The first-order valence-corrected chi connectivity index (χ1v) is 10.8. The van der Waals surface area contributed by atoms with Crippen LogP contribution in [0.15, 0.2) is 35.5 Å². The van der Waals surface area contributed by atoms with Gasteiger partial charge in [0.05, 0.1) is 31.5 Å². The highest BCUT2D eigenvalue weighted by Gasteiger charge is 2.14. The predicted octanol–water partition coefficient (Wildman–Crippen LogP) is 5.88. The number of nitrogens with one attached hydrogen (secondary N) is 1. The quantitative estimate of drug-likeness (QED) is 0.318. The average molecular weight is 510 g/mol. The van der Waals surface area contributed by atoms with Crippen molar-refractivity contribution in [3.05, 3.63) is 62.1 Å². The molecule has 1 amide bonds. The fourth-order valence-electron chi connectivity index (χ4n) is 2.25. The van der Waals surface area contributed by atoms with E-state index >= 15 is 0 Å². The summed E-state index contributed by atoms with van der Waals surface area (Å²) in [7, 11) is 1.74. The molecule has 30 heavy (non-hydrogen) atoms. The van der Waals surface area contributed by atoms with Crippen molar-refractivity contribution in [2.75, 3.05) is 11.1 Å². The molecule has 3 aromatic rings. The first kappa shape index (κ1) is 23.0. The summed E-state index contributed by atoms with van der Waals surface area (Å²) in [5.41, 5.74) is 0.363. The molecular formula is C18H13Cl4FN4O2S. The van der Waals surface area contributed by atoms with Crippen molar-refractivity contribution in [1.29, 1.82) is 0 Å². The fourth-order valence-corrected chi connectivity index (χ4v) is 3.74. The van der Waals surface area contributed by atoms with E-state index in [0.717, 1.165) is 0 Å². The molecule has 0 aliphatic heterocycles. The molecule has 0 unspecified atom stereocenters. The molecule has 0 atom stereocenters. The zero-order valence-corrected chi connectivity index (χ0v) is 19.1. The lowest BCUT2D eigenvalue weighted by atomic mass is 10.3. The molecule has 6 nitrogen and oxygen atoms in total. The number of ether oxygens (including phenoxy) is 1. The normalized spacial score (nSPS) is 10.9. The SMILES string of the molecule is Cn1c(COc2ccc(F)c(Cl)c2)nnc1SCC(=O)Nc1cc(Cl)c(Cl)cc1Cl. The van der Waals surface area contributed by atoms with Crippen molar-refractivity contribution in [2.45, 2.75) is 11.8 Å². The number of nitrogens with zero attached hydrogens (tertiary/aromatic N) is 3. The van der Waals surface area contributed by atoms with E-state index in [1.165, 1.54) is 42.1 Å². The monoisotopic (exact) mass is 508 g/mol. The minimum Gasteiger partial charge on any atom is -0.486 e. The van der Waals surface area contributed by atoms with Gasteiger partial charge in [-0.15, -0.1) is 10.2 Å². The van der Waals surface area contributed by atoms with Gasteiger partial charge in [-0.2, -0.15) is 0 Å². The summed E-state index contributed by atoms with van der Waals surface area (Å²) in [6.45, 7) is 0.0943. The highest BCUT2D eigenvalue weighted by atomic mass is 35.5. The number of hydrogen-bond acceptors (Lipinski definition) is 5. The van der Waals surface area contributed by atoms with E-state index in [1.807, 2.05) is 0 Å². The number of carbonyl (C=O) groups is 1. The standard InChI is InChI=1S/C18H13Cl4FN4O2S/c1-27-16(7-29-9-2-3-14(23)12(21)4-9)25-26-18(27)30-8-17(28)24-15-6-11(20)10(19)5-13(15)22/h2-6H,7-8H2,1H3,(H,24,28). The predicted molar refractivity (Wildman–Crippen MR) is 118 cm³/mol. The number of rotatable bonds is 7. The number of thioether (sulfide) groups is 1. The van der Waals surface area contributed by atoms with Crippen LogP contribution >= 0.6 is 58.2 Å². The van der Waals surface area contributed by atoms with Gasteiger partial charge in [-0.1, -0.05) is 58.2 Å². The van der Waals surface area contributed by atoms with Crippen LogP contribution in [-0.2, 0) is 18.4 Å². The van der Waals surface area contributed by atoms with Crippen molar-refractivity contribution in [3.8, 4) is 5.75 Å². The summed E-state index contributed by atoms with van der Waals surface area (Å²) in [6, 6.07) is 6.99. The van der Waals surface area contributed by atoms with Crippen molar-refractivity contribution in [3.63, 3.8) is 0 Å². The maximum Gasteiger partial charge on any atom is 0.234 e. The molecule has 0 saturated heterocycles. The molecule has 12 heteroatoms. The van der Waals surface area contributed by atoms with Crippen molar-refractivity contribution >= 4 is 69.8 Å². The van der Waals surface area contributed by atoms with Crippen LogP contribution in [0.4, 0.5) is 10.1 Å². The van der Waals surface area contributed by atoms with Crippen LogP contribution in [0, 0.1) is 5.82 Å². The van der Waals surface area contributed by atoms with Crippen molar-refractivity contribution < 1.29 is 13.9 Å². The first-order valence-electron chi connectivity index (χ1n) is 8.28. The summed E-state index contributed by atoms with van der Waals surface area (Å²) in [5.74, 6) is 0.156. The van der Waals surface area contributed by atoms with Crippen LogP contribution in [0.2, 0.25) is 20.1 Å². The van der Waals surface area contributed by atoms with Gasteiger partial charge in [-0.25, -0.2) is 4.39 Å². The number of carbonyl (C=O) groups excluding carboxylic acids is 1. The largest absolute Gasteiger partial charge is 0.486 e. The fraction of sp³-hybridized carbons (Fsp3) is 0.167. The molecule has 1 aromatic heterocycles. The van der Waals surface area contributed by atoms with Crippen LogP contribution < -0.4 is 10.1 Å². The second-order valence-electron chi connectivity index (χ2n) is 5.91. The first-order chi connectivity index (χ1) is 14.2. The zero-order chi connectivity index (χ0) is 21.8. The Balaban J connectivity index is 1.56. The molecule has 3 rings (SSSR count). The Morgan fingerprint density at radius 1 is 1.10 bits per heavy atom. The molecule has 0 fully saturated rings. The Labute approximate surface area is 195 Å². The second kappa shape index (κ2) is 10.1. The summed E-state index contributed by atoms with van der Waals surface area (Å²) < 4.78 is 20.5. The molecule has 158 valence electrons. The number of amides is 1. The summed E-state index contributed by atoms with van der Waals surface area (Å²) in [4.78, 5) is 12.2. The van der Waals surface area contributed by atoms with E-state index < -0.39 is 5.82 Å². The van der Waals surface area contributed by atoms with E-state index in [-0.39, 0.29) is 33.3 Å². The Morgan fingerprint density at radius 2 is 1.83 bits per heavy atom. The molecule has 0 bridgehead atoms. The van der Waals surface area contributed by atoms with Crippen LogP contribution in [0.5, 0.6) is 5.75 Å². The third-order valence-corrected chi connectivity index (χ3v) is 6.15. The highest BCUT2D eigenvalue weighted by Crippen LogP contribution is 2.32. The van der Waals surface area contributed by atoms with E-state index in [2.05, 4.69) is 15.5 Å². The summed E-state index contributed by atoms with van der Waals surface area (Å²) in [5, 5.41) is 12.1. The van der Waals surface area contributed by atoms with Gasteiger partial charge < -0.3 is 14.6 Å². The van der Waals surface area contributed by atoms with Gasteiger partial charge in [0.25, 0.3) is 0 Å². The lowest BCUT2D eigenvalue weighted by molar-refractivity contribution is -0.113. The summed E-state index contributed by atoms with van der Waals surface area (Å²) >= 11 is 24.8. The van der Waals surface area contributed by atoms with Gasteiger partial charge in [0.1, 0.15) is 18.2 Å². The third kappa shape index (κ3) is 5.70. The van der Waals surface area contributed by atoms with Gasteiger partial charge in [-0.3, -0.25) is 4.79 Å². The maximum atomic E-state index is 13.2. The smallest absolute Gasteiger partial charge is 0.234 e. The van der Waals surface area contributed by atoms with Crippen LogP contribution in [0.25, 0.3) is 0 Å². The molecule has 1 N–H and O–H groups in total. The van der Waals surface area contributed by atoms with Crippen LogP contribution in [0.3, 0.4) is 0 Å². The van der Waals surface area contributed by atoms with Gasteiger partial charge >= 0.3 is 0 Å². The molecule has 1 heterocycles.